The molecule has 1 aromatic heterocycles. The first-order valence-electron chi connectivity index (χ1n) is 10.3. The fraction of sp³-hybridized carbons (Fsp3) is 0.348. The van der Waals surface area contributed by atoms with Gasteiger partial charge in [-0.25, -0.2) is 5.01 Å². The average molecular weight is 422 g/mol. The Morgan fingerprint density at radius 2 is 1.87 bits per heavy atom. The van der Waals surface area contributed by atoms with Gasteiger partial charge < -0.3 is 9.64 Å². The lowest BCUT2D eigenvalue weighted by molar-refractivity contribution is -0.143. The molecule has 0 radical (unpaired) electrons. The van der Waals surface area contributed by atoms with Crippen LogP contribution in [0.3, 0.4) is 0 Å². The number of pyridine rings is 1. The molecule has 3 rings (SSSR count). The normalized spacial score (nSPS) is 13.5. The van der Waals surface area contributed by atoms with Gasteiger partial charge in [0.15, 0.2) is 0 Å². The standard InChI is InChI=1S/C23H26N4O4/c1-2-31-22(29)12-14-26(16-19-9-6-13-24-15-19)23(30)20-10-11-21(28)27(25-20)17-18-7-4-3-5-8-18/h3-9,13,15H,2,10-12,14,16-17H2,1H3. The number of hydrogen-bond acceptors (Lipinski definition) is 6. The molecule has 0 saturated heterocycles. The van der Waals surface area contributed by atoms with Crippen LogP contribution >= 0.6 is 0 Å². The first kappa shape index (κ1) is 22.1. The van der Waals surface area contributed by atoms with Crippen LogP contribution in [0.15, 0.2) is 60.0 Å². The van der Waals surface area contributed by atoms with Gasteiger partial charge in [0.05, 0.1) is 19.6 Å². The molecule has 8 heteroatoms. The zero-order chi connectivity index (χ0) is 22.1. The van der Waals surface area contributed by atoms with Crippen molar-refractivity contribution >= 4 is 23.5 Å². The zero-order valence-electron chi connectivity index (χ0n) is 17.6. The third-order valence-electron chi connectivity index (χ3n) is 4.80. The highest BCUT2D eigenvalue weighted by Gasteiger charge is 2.28. The number of nitrogens with zero attached hydrogens (tertiary/aromatic N) is 4. The topological polar surface area (TPSA) is 92.2 Å². The van der Waals surface area contributed by atoms with Gasteiger partial charge in [0, 0.05) is 38.3 Å². The molecule has 0 fully saturated rings. The molecular formula is C23H26N4O4. The lowest BCUT2D eigenvalue weighted by Crippen LogP contribution is -2.42. The Morgan fingerprint density at radius 3 is 2.58 bits per heavy atom. The molecule has 0 unspecified atom stereocenters. The number of hydrazone groups is 1. The van der Waals surface area contributed by atoms with Gasteiger partial charge in [0.1, 0.15) is 5.71 Å². The Balaban J connectivity index is 1.76. The minimum Gasteiger partial charge on any atom is -0.466 e. The molecule has 2 amide bonds. The van der Waals surface area contributed by atoms with Crippen LogP contribution in [0.5, 0.6) is 0 Å². The third kappa shape index (κ3) is 6.47. The van der Waals surface area contributed by atoms with E-state index in [1.165, 1.54) is 5.01 Å². The summed E-state index contributed by atoms with van der Waals surface area (Å²) in [6, 6.07) is 13.2. The van der Waals surface area contributed by atoms with Crippen LogP contribution in [-0.4, -0.2) is 51.5 Å². The van der Waals surface area contributed by atoms with Crippen LogP contribution in [0.25, 0.3) is 0 Å². The smallest absolute Gasteiger partial charge is 0.307 e. The van der Waals surface area contributed by atoms with Crippen LogP contribution in [0.1, 0.15) is 37.3 Å². The van der Waals surface area contributed by atoms with Crippen molar-refractivity contribution in [2.24, 2.45) is 5.10 Å². The summed E-state index contributed by atoms with van der Waals surface area (Å²) in [6.07, 6.45) is 3.91. The second-order valence-electron chi connectivity index (χ2n) is 7.13. The molecule has 8 nitrogen and oxygen atoms in total. The van der Waals surface area contributed by atoms with Crippen molar-refractivity contribution in [2.75, 3.05) is 13.2 Å². The Bertz CT molecular complexity index is 931. The summed E-state index contributed by atoms with van der Waals surface area (Å²) in [6.45, 7) is 2.82. The van der Waals surface area contributed by atoms with Gasteiger partial charge in [-0.05, 0) is 24.1 Å². The summed E-state index contributed by atoms with van der Waals surface area (Å²) in [4.78, 5) is 43.1. The Morgan fingerprint density at radius 1 is 1.10 bits per heavy atom. The largest absolute Gasteiger partial charge is 0.466 e. The quantitative estimate of drug-likeness (QED) is 0.579. The van der Waals surface area contributed by atoms with Crippen LogP contribution in [0, 0.1) is 0 Å². The Kier molecular flexibility index (Phi) is 7.86. The Labute approximate surface area is 181 Å². The Hall–Kier alpha value is -3.55. The van der Waals surface area contributed by atoms with Crippen molar-refractivity contribution in [2.45, 2.75) is 39.3 Å². The van der Waals surface area contributed by atoms with Crippen molar-refractivity contribution in [3.8, 4) is 0 Å². The molecule has 1 aliphatic heterocycles. The van der Waals surface area contributed by atoms with Crippen LogP contribution in [0.4, 0.5) is 0 Å². The molecule has 0 bridgehead atoms. The van der Waals surface area contributed by atoms with Gasteiger partial charge in [-0.2, -0.15) is 5.10 Å². The van der Waals surface area contributed by atoms with Gasteiger partial charge in [0.25, 0.3) is 5.91 Å². The van der Waals surface area contributed by atoms with E-state index < -0.39 is 0 Å². The predicted molar refractivity (Wildman–Crippen MR) is 115 cm³/mol. The predicted octanol–water partition coefficient (Wildman–Crippen LogP) is 2.54. The molecule has 2 heterocycles. The maximum atomic E-state index is 13.3. The van der Waals surface area contributed by atoms with Gasteiger partial charge in [0.2, 0.25) is 5.91 Å². The number of esters is 1. The molecule has 0 atom stereocenters. The molecular weight excluding hydrogens is 396 g/mol. The molecule has 0 N–H and O–H groups in total. The van der Waals surface area contributed by atoms with E-state index in [1.54, 1.807) is 30.3 Å². The van der Waals surface area contributed by atoms with Crippen molar-refractivity contribution < 1.29 is 19.1 Å². The van der Waals surface area contributed by atoms with E-state index in [0.29, 0.717) is 18.9 Å². The molecule has 0 spiro atoms. The molecule has 1 aromatic carbocycles. The average Bonchev–Trinajstić information content (AvgIpc) is 2.79. The molecule has 31 heavy (non-hydrogen) atoms. The fourth-order valence-electron chi connectivity index (χ4n) is 3.24. The zero-order valence-corrected chi connectivity index (χ0v) is 17.6. The van der Waals surface area contributed by atoms with E-state index in [2.05, 4.69) is 10.1 Å². The number of carbonyl (C=O) groups excluding carboxylic acids is 3. The number of carbonyl (C=O) groups is 3. The van der Waals surface area contributed by atoms with E-state index in [9.17, 15) is 14.4 Å². The first-order chi connectivity index (χ1) is 15.1. The highest BCUT2D eigenvalue weighted by atomic mass is 16.5. The first-order valence-corrected chi connectivity index (χ1v) is 10.3. The van der Waals surface area contributed by atoms with Crippen molar-refractivity contribution in [1.82, 2.24) is 14.9 Å². The lowest BCUT2D eigenvalue weighted by Gasteiger charge is -2.27. The van der Waals surface area contributed by atoms with Crippen LogP contribution in [-0.2, 0) is 32.2 Å². The van der Waals surface area contributed by atoms with Gasteiger partial charge in [-0.3, -0.25) is 19.4 Å². The van der Waals surface area contributed by atoms with Crippen molar-refractivity contribution in [3.05, 3.63) is 66.0 Å². The van der Waals surface area contributed by atoms with E-state index in [-0.39, 0.29) is 50.1 Å². The maximum absolute atomic E-state index is 13.3. The van der Waals surface area contributed by atoms with E-state index >= 15 is 0 Å². The summed E-state index contributed by atoms with van der Waals surface area (Å²) >= 11 is 0. The fourth-order valence-corrected chi connectivity index (χ4v) is 3.24. The van der Waals surface area contributed by atoms with Gasteiger partial charge in [-0.1, -0.05) is 36.4 Å². The van der Waals surface area contributed by atoms with E-state index in [0.717, 1.165) is 11.1 Å². The summed E-state index contributed by atoms with van der Waals surface area (Å²) in [5.74, 6) is -0.776. The highest BCUT2D eigenvalue weighted by molar-refractivity contribution is 6.39. The molecule has 1 aliphatic rings. The van der Waals surface area contributed by atoms with E-state index in [1.807, 2.05) is 36.4 Å². The number of benzene rings is 1. The van der Waals surface area contributed by atoms with Crippen molar-refractivity contribution in [3.63, 3.8) is 0 Å². The second kappa shape index (κ2) is 11.0. The third-order valence-corrected chi connectivity index (χ3v) is 4.80. The monoisotopic (exact) mass is 422 g/mol. The summed E-state index contributed by atoms with van der Waals surface area (Å²) in [7, 11) is 0. The maximum Gasteiger partial charge on any atom is 0.307 e. The number of hydrogen-bond donors (Lipinski definition) is 0. The SMILES string of the molecule is CCOC(=O)CCN(Cc1cccnc1)C(=O)C1=NN(Cc2ccccc2)C(=O)CC1. The van der Waals surface area contributed by atoms with Crippen LogP contribution in [0.2, 0.25) is 0 Å². The molecule has 0 saturated carbocycles. The summed E-state index contributed by atoms with van der Waals surface area (Å²) < 4.78 is 4.99. The van der Waals surface area contributed by atoms with Crippen LogP contribution < -0.4 is 0 Å². The minimum atomic E-state index is -0.363. The molecule has 162 valence electrons. The lowest BCUT2D eigenvalue weighted by atomic mass is 10.1. The number of aromatic nitrogens is 1. The summed E-state index contributed by atoms with van der Waals surface area (Å²) in [5.41, 5.74) is 2.08. The second-order valence-corrected chi connectivity index (χ2v) is 7.13. The summed E-state index contributed by atoms with van der Waals surface area (Å²) in [5, 5.41) is 5.71. The van der Waals surface area contributed by atoms with Gasteiger partial charge >= 0.3 is 5.97 Å². The number of rotatable bonds is 9. The highest BCUT2D eigenvalue weighted by Crippen LogP contribution is 2.16. The number of ether oxygens (including phenoxy) is 1. The molecule has 2 aromatic rings. The number of amides is 2. The minimum absolute atomic E-state index is 0.0831. The van der Waals surface area contributed by atoms with E-state index in [4.69, 9.17) is 4.74 Å². The molecule has 0 aliphatic carbocycles. The van der Waals surface area contributed by atoms with Gasteiger partial charge in [-0.15, -0.1) is 0 Å². The van der Waals surface area contributed by atoms with Crippen molar-refractivity contribution in [1.29, 1.82) is 0 Å².